The Bertz CT molecular complexity index is 429. The predicted molar refractivity (Wildman–Crippen MR) is 58.0 cm³/mol. The summed E-state index contributed by atoms with van der Waals surface area (Å²) in [6, 6.07) is 6.26. The third-order valence-corrected chi connectivity index (χ3v) is 2.75. The van der Waals surface area contributed by atoms with E-state index in [1.165, 1.54) is 12.1 Å². The Kier molecular flexibility index (Phi) is 3.18. The maximum Gasteiger partial charge on any atom is 0.294 e. The summed E-state index contributed by atoms with van der Waals surface area (Å²) in [5.41, 5.74) is 1.04. The van der Waals surface area contributed by atoms with Crippen molar-refractivity contribution in [1.82, 2.24) is 0 Å². The molecule has 0 saturated carbocycles. The van der Waals surface area contributed by atoms with Crippen molar-refractivity contribution < 1.29 is 17.5 Å². The molecule has 0 fully saturated rings. The van der Waals surface area contributed by atoms with Gasteiger partial charge in [-0.1, -0.05) is 12.1 Å². The van der Waals surface area contributed by atoms with Gasteiger partial charge in [-0.25, -0.2) is 0 Å². The fourth-order valence-corrected chi connectivity index (χ4v) is 1.79. The molecule has 0 atom stereocenters. The molecule has 0 heterocycles. The van der Waals surface area contributed by atoms with Crippen LogP contribution in [0.5, 0.6) is 0 Å². The van der Waals surface area contributed by atoms with E-state index in [1.54, 1.807) is 12.1 Å². The fourth-order valence-electron chi connectivity index (χ4n) is 1.31. The van der Waals surface area contributed by atoms with E-state index in [1.807, 2.05) is 0 Å². The molecule has 0 aliphatic carbocycles. The van der Waals surface area contributed by atoms with Gasteiger partial charge < -0.3 is 4.48 Å². The molecule has 0 aliphatic heterocycles. The molecule has 0 spiro atoms. The molecule has 0 unspecified atom stereocenters. The monoisotopic (exact) mass is 230 g/mol. The van der Waals surface area contributed by atoms with E-state index >= 15 is 0 Å². The van der Waals surface area contributed by atoms with Gasteiger partial charge in [0.1, 0.15) is 6.54 Å². The molecule has 1 N–H and O–H groups in total. The van der Waals surface area contributed by atoms with Crippen molar-refractivity contribution in [2.24, 2.45) is 0 Å². The van der Waals surface area contributed by atoms with Gasteiger partial charge in [0.15, 0.2) is 0 Å². The quantitative estimate of drug-likeness (QED) is 0.626. The van der Waals surface area contributed by atoms with E-state index in [0.29, 0.717) is 0 Å². The van der Waals surface area contributed by atoms with E-state index < -0.39 is 10.1 Å². The largest absolute Gasteiger partial charge is 0.327 e. The third-order valence-electron chi connectivity index (χ3n) is 1.88. The summed E-state index contributed by atoms with van der Waals surface area (Å²) in [6.07, 6.45) is 0. The molecule has 4 nitrogen and oxygen atoms in total. The van der Waals surface area contributed by atoms with Crippen molar-refractivity contribution in [3.63, 3.8) is 0 Å². The van der Waals surface area contributed by atoms with Crippen molar-refractivity contribution >= 4 is 10.1 Å². The van der Waals surface area contributed by atoms with Crippen LogP contribution in [-0.2, 0) is 16.7 Å². The lowest BCUT2D eigenvalue weighted by molar-refractivity contribution is -0.884. The smallest absolute Gasteiger partial charge is 0.294 e. The van der Waals surface area contributed by atoms with Crippen LogP contribution in [0, 0.1) is 0 Å². The zero-order valence-electron chi connectivity index (χ0n) is 9.14. The maximum atomic E-state index is 10.8. The zero-order valence-corrected chi connectivity index (χ0v) is 9.95. The highest BCUT2D eigenvalue weighted by Crippen LogP contribution is 2.12. The molecule has 0 amide bonds. The normalized spacial score (nSPS) is 12.8. The number of hydrogen-bond acceptors (Lipinski definition) is 2. The minimum Gasteiger partial charge on any atom is -0.327 e. The summed E-state index contributed by atoms with van der Waals surface area (Å²) in [5, 5.41) is 0. The van der Waals surface area contributed by atoms with Crippen LogP contribution in [0.3, 0.4) is 0 Å². The average molecular weight is 230 g/mol. The minimum atomic E-state index is -4.07. The maximum absolute atomic E-state index is 10.8. The van der Waals surface area contributed by atoms with Gasteiger partial charge in [0, 0.05) is 5.56 Å². The van der Waals surface area contributed by atoms with Crippen LogP contribution in [-0.4, -0.2) is 38.6 Å². The summed E-state index contributed by atoms with van der Waals surface area (Å²) in [7, 11) is 2.09. The average Bonchev–Trinajstić information content (AvgIpc) is 2.00. The van der Waals surface area contributed by atoms with Crippen LogP contribution in [0.15, 0.2) is 29.2 Å². The van der Waals surface area contributed by atoms with Gasteiger partial charge in [-0.2, -0.15) is 8.42 Å². The van der Waals surface area contributed by atoms with Gasteiger partial charge in [0.05, 0.1) is 26.0 Å². The molecular weight excluding hydrogens is 214 g/mol. The first-order chi connectivity index (χ1) is 6.68. The fraction of sp³-hybridized carbons (Fsp3) is 0.400. The molecule has 84 valence electrons. The number of nitrogens with zero attached hydrogens (tertiary/aromatic N) is 1. The first-order valence-corrected chi connectivity index (χ1v) is 5.99. The standard InChI is InChI=1S/C10H15NO3S/c1-11(2,3)8-9-4-6-10(7-5-9)15(12,13)14/h4-7H,8H2,1-3H3/p+1. The Morgan fingerprint density at radius 1 is 1.13 bits per heavy atom. The van der Waals surface area contributed by atoms with Crippen molar-refractivity contribution in [2.45, 2.75) is 11.4 Å². The summed E-state index contributed by atoms with van der Waals surface area (Å²) < 4.78 is 31.1. The third kappa shape index (κ3) is 3.99. The number of quaternary nitrogens is 1. The molecule has 0 bridgehead atoms. The Hall–Kier alpha value is -0.910. The second-order valence-electron chi connectivity index (χ2n) is 4.57. The molecule has 0 saturated heterocycles. The van der Waals surface area contributed by atoms with E-state index in [-0.39, 0.29) is 4.90 Å². The SMILES string of the molecule is C[N+](C)(C)Cc1ccc(S(=O)(=O)O)cc1. The molecule has 1 aromatic rings. The zero-order chi connectivity index (χ0) is 11.7. The minimum absolute atomic E-state index is 0.0624. The molecule has 1 aromatic carbocycles. The highest BCUT2D eigenvalue weighted by Gasteiger charge is 2.11. The molecule has 5 heteroatoms. The van der Waals surface area contributed by atoms with Crippen LogP contribution >= 0.6 is 0 Å². The van der Waals surface area contributed by atoms with Crippen LogP contribution in [0.4, 0.5) is 0 Å². The molecular formula is C10H16NO3S+. The first-order valence-electron chi connectivity index (χ1n) is 4.55. The lowest BCUT2D eigenvalue weighted by Gasteiger charge is -2.23. The Labute approximate surface area is 90.5 Å². The number of rotatable bonds is 3. The number of benzene rings is 1. The van der Waals surface area contributed by atoms with E-state index in [4.69, 9.17) is 4.55 Å². The lowest BCUT2D eigenvalue weighted by atomic mass is 10.2. The second-order valence-corrected chi connectivity index (χ2v) is 5.99. The van der Waals surface area contributed by atoms with Crippen molar-refractivity contribution in [1.29, 1.82) is 0 Å². The van der Waals surface area contributed by atoms with Crippen LogP contribution in [0.25, 0.3) is 0 Å². The lowest BCUT2D eigenvalue weighted by Crippen LogP contribution is -2.33. The topological polar surface area (TPSA) is 54.4 Å². The van der Waals surface area contributed by atoms with Crippen molar-refractivity contribution in [3.8, 4) is 0 Å². The first kappa shape index (κ1) is 12.2. The van der Waals surface area contributed by atoms with Crippen LogP contribution in [0.1, 0.15) is 5.56 Å². The predicted octanol–water partition coefficient (Wildman–Crippen LogP) is 1.14. The van der Waals surface area contributed by atoms with Crippen molar-refractivity contribution in [3.05, 3.63) is 29.8 Å². The highest BCUT2D eigenvalue weighted by atomic mass is 32.2. The summed E-state index contributed by atoms with van der Waals surface area (Å²) in [5.74, 6) is 0. The second kappa shape index (κ2) is 3.92. The highest BCUT2D eigenvalue weighted by molar-refractivity contribution is 7.85. The summed E-state index contributed by atoms with van der Waals surface area (Å²) in [6.45, 7) is 0.811. The van der Waals surface area contributed by atoms with Gasteiger partial charge in [0.2, 0.25) is 0 Å². The van der Waals surface area contributed by atoms with Gasteiger partial charge >= 0.3 is 0 Å². The Morgan fingerprint density at radius 3 is 1.93 bits per heavy atom. The van der Waals surface area contributed by atoms with E-state index in [9.17, 15) is 8.42 Å². The van der Waals surface area contributed by atoms with Gasteiger partial charge in [0.25, 0.3) is 10.1 Å². The molecule has 15 heavy (non-hydrogen) atoms. The Morgan fingerprint density at radius 2 is 1.60 bits per heavy atom. The summed E-state index contributed by atoms with van der Waals surface area (Å²) in [4.78, 5) is -0.0624. The molecule has 0 radical (unpaired) electrons. The van der Waals surface area contributed by atoms with Gasteiger partial charge in [-0.05, 0) is 12.1 Å². The summed E-state index contributed by atoms with van der Waals surface area (Å²) >= 11 is 0. The van der Waals surface area contributed by atoms with E-state index in [0.717, 1.165) is 16.6 Å². The Balaban J connectivity index is 2.92. The number of hydrogen-bond donors (Lipinski definition) is 1. The van der Waals surface area contributed by atoms with E-state index in [2.05, 4.69) is 21.1 Å². The molecule has 1 rings (SSSR count). The molecule has 0 aromatic heterocycles. The van der Waals surface area contributed by atoms with Crippen molar-refractivity contribution in [2.75, 3.05) is 21.1 Å². The molecule has 0 aliphatic rings. The van der Waals surface area contributed by atoms with Crippen LogP contribution in [0.2, 0.25) is 0 Å². The van der Waals surface area contributed by atoms with Crippen LogP contribution < -0.4 is 0 Å². The van der Waals surface area contributed by atoms with Gasteiger partial charge in [-0.15, -0.1) is 0 Å². The van der Waals surface area contributed by atoms with Gasteiger partial charge in [-0.3, -0.25) is 4.55 Å².